The van der Waals surface area contributed by atoms with Crippen molar-refractivity contribution >= 4 is 10.0 Å². The van der Waals surface area contributed by atoms with Gasteiger partial charge in [0.1, 0.15) is 0 Å². The van der Waals surface area contributed by atoms with Gasteiger partial charge in [-0.15, -0.1) is 0 Å². The van der Waals surface area contributed by atoms with Gasteiger partial charge in [-0.2, -0.15) is 0 Å². The second kappa shape index (κ2) is 5.09. The van der Waals surface area contributed by atoms with E-state index >= 15 is 0 Å². The Kier molecular flexibility index (Phi) is 4.34. The van der Waals surface area contributed by atoms with Crippen LogP contribution in [0.4, 0.5) is 0 Å². The molecule has 0 bridgehead atoms. The summed E-state index contributed by atoms with van der Waals surface area (Å²) in [6, 6.07) is 0. The summed E-state index contributed by atoms with van der Waals surface area (Å²) in [5.74, 6) is 0. The van der Waals surface area contributed by atoms with Crippen molar-refractivity contribution < 1.29 is 13.5 Å². The highest BCUT2D eigenvalue weighted by Crippen LogP contribution is 2.30. The lowest BCUT2D eigenvalue weighted by atomic mass is 10.2. The summed E-state index contributed by atoms with van der Waals surface area (Å²) in [4.78, 5) is 0. The SMILES string of the molecule is CN(CCCCCO)S(=O)(=O)C1CC1. The zero-order chi connectivity index (χ0) is 10.6. The lowest BCUT2D eigenvalue weighted by molar-refractivity contribution is 0.281. The van der Waals surface area contributed by atoms with Crippen LogP contribution < -0.4 is 0 Å². The van der Waals surface area contributed by atoms with E-state index in [1.54, 1.807) is 7.05 Å². The average molecular weight is 221 g/mol. The third-order valence-electron chi connectivity index (χ3n) is 2.51. The summed E-state index contributed by atoms with van der Waals surface area (Å²) in [5.41, 5.74) is 0. The van der Waals surface area contributed by atoms with Crippen molar-refractivity contribution in [3.8, 4) is 0 Å². The van der Waals surface area contributed by atoms with Gasteiger partial charge in [0.15, 0.2) is 0 Å². The van der Waals surface area contributed by atoms with Gasteiger partial charge in [0, 0.05) is 20.2 Å². The molecule has 5 heteroatoms. The molecular formula is C9H19NO3S. The van der Waals surface area contributed by atoms with Gasteiger partial charge in [0.2, 0.25) is 10.0 Å². The molecule has 1 saturated carbocycles. The molecule has 0 radical (unpaired) electrons. The summed E-state index contributed by atoms with van der Waals surface area (Å²) in [5, 5.41) is 8.45. The Bertz CT molecular complexity index is 259. The van der Waals surface area contributed by atoms with Gasteiger partial charge in [-0.25, -0.2) is 12.7 Å². The Morgan fingerprint density at radius 1 is 1.29 bits per heavy atom. The van der Waals surface area contributed by atoms with Gasteiger partial charge in [-0.1, -0.05) is 0 Å². The Morgan fingerprint density at radius 2 is 1.93 bits per heavy atom. The smallest absolute Gasteiger partial charge is 0.216 e. The van der Waals surface area contributed by atoms with E-state index in [0.717, 1.165) is 32.1 Å². The molecule has 0 atom stereocenters. The van der Waals surface area contributed by atoms with Crippen LogP contribution in [0.1, 0.15) is 32.1 Å². The van der Waals surface area contributed by atoms with E-state index in [1.807, 2.05) is 0 Å². The number of rotatable bonds is 7. The van der Waals surface area contributed by atoms with Crippen molar-refractivity contribution in [1.82, 2.24) is 4.31 Å². The van der Waals surface area contributed by atoms with Crippen LogP contribution in [0.2, 0.25) is 0 Å². The van der Waals surface area contributed by atoms with E-state index in [-0.39, 0.29) is 11.9 Å². The molecule has 0 spiro atoms. The van der Waals surface area contributed by atoms with Crippen molar-refractivity contribution in [2.45, 2.75) is 37.4 Å². The first-order valence-corrected chi connectivity index (χ1v) is 6.65. The summed E-state index contributed by atoms with van der Waals surface area (Å²) in [6.07, 6.45) is 4.13. The number of unbranched alkanes of at least 4 members (excludes halogenated alkanes) is 2. The van der Waals surface area contributed by atoms with E-state index in [4.69, 9.17) is 5.11 Å². The van der Waals surface area contributed by atoms with Gasteiger partial charge in [0.25, 0.3) is 0 Å². The molecule has 1 rings (SSSR count). The van der Waals surface area contributed by atoms with Crippen LogP contribution in [0.5, 0.6) is 0 Å². The van der Waals surface area contributed by atoms with Crippen LogP contribution in [0.15, 0.2) is 0 Å². The topological polar surface area (TPSA) is 57.6 Å². The van der Waals surface area contributed by atoms with Crippen LogP contribution in [-0.4, -0.2) is 43.3 Å². The summed E-state index contributed by atoms with van der Waals surface area (Å²) in [7, 11) is -1.34. The normalized spacial score (nSPS) is 17.6. The van der Waals surface area contributed by atoms with Crippen molar-refractivity contribution in [3.05, 3.63) is 0 Å². The Balaban J connectivity index is 2.23. The monoisotopic (exact) mass is 221 g/mol. The summed E-state index contributed by atoms with van der Waals surface area (Å²) < 4.78 is 24.7. The van der Waals surface area contributed by atoms with E-state index in [1.165, 1.54) is 4.31 Å². The third kappa shape index (κ3) is 3.22. The number of hydrogen-bond donors (Lipinski definition) is 1. The lowest BCUT2D eigenvalue weighted by Crippen LogP contribution is -2.30. The average Bonchev–Trinajstić information content (AvgIpc) is 2.94. The van der Waals surface area contributed by atoms with Crippen molar-refractivity contribution in [1.29, 1.82) is 0 Å². The first-order chi connectivity index (χ1) is 6.59. The molecule has 1 aliphatic carbocycles. The minimum absolute atomic E-state index is 0.106. The predicted octanol–water partition coefficient (Wildman–Crippen LogP) is 0.573. The summed E-state index contributed by atoms with van der Waals surface area (Å²) in [6.45, 7) is 0.776. The van der Waals surface area contributed by atoms with Crippen molar-refractivity contribution in [2.75, 3.05) is 20.2 Å². The zero-order valence-electron chi connectivity index (χ0n) is 8.65. The van der Waals surface area contributed by atoms with Gasteiger partial charge < -0.3 is 5.11 Å². The maximum atomic E-state index is 11.6. The molecule has 84 valence electrons. The molecule has 0 unspecified atom stereocenters. The Morgan fingerprint density at radius 3 is 2.43 bits per heavy atom. The maximum absolute atomic E-state index is 11.6. The second-order valence-electron chi connectivity index (χ2n) is 3.85. The standard InChI is InChI=1S/C9H19NO3S/c1-10(7-3-2-4-8-11)14(12,13)9-5-6-9/h9,11H,2-8H2,1H3. The molecule has 0 aromatic heterocycles. The fourth-order valence-corrected chi connectivity index (χ4v) is 3.00. The van der Waals surface area contributed by atoms with Gasteiger partial charge in [-0.05, 0) is 32.1 Å². The number of hydrogen-bond acceptors (Lipinski definition) is 3. The highest BCUT2D eigenvalue weighted by Gasteiger charge is 2.38. The highest BCUT2D eigenvalue weighted by atomic mass is 32.2. The van der Waals surface area contributed by atoms with E-state index in [9.17, 15) is 8.42 Å². The van der Waals surface area contributed by atoms with Gasteiger partial charge in [0.05, 0.1) is 5.25 Å². The van der Waals surface area contributed by atoms with E-state index in [0.29, 0.717) is 6.54 Å². The quantitative estimate of drug-likeness (QED) is 0.640. The first kappa shape index (κ1) is 11.9. The molecule has 0 aromatic rings. The van der Waals surface area contributed by atoms with Gasteiger partial charge >= 0.3 is 0 Å². The number of sulfonamides is 1. The Labute approximate surface area is 86.0 Å². The van der Waals surface area contributed by atoms with Crippen molar-refractivity contribution in [2.24, 2.45) is 0 Å². The van der Waals surface area contributed by atoms with Gasteiger partial charge in [-0.3, -0.25) is 0 Å². The second-order valence-corrected chi connectivity index (χ2v) is 6.17. The van der Waals surface area contributed by atoms with E-state index in [2.05, 4.69) is 0 Å². The number of nitrogens with zero attached hydrogens (tertiary/aromatic N) is 1. The highest BCUT2D eigenvalue weighted by molar-refractivity contribution is 7.90. The van der Waals surface area contributed by atoms with E-state index < -0.39 is 10.0 Å². The van der Waals surface area contributed by atoms with Crippen molar-refractivity contribution in [3.63, 3.8) is 0 Å². The lowest BCUT2D eigenvalue weighted by Gasteiger charge is -2.16. The third-order valence-corrected chi connectivity index (χ3v) is 4.88. The van der Waals surface area contributed by atoms with Crippen LogP contribution >= 0.6 is 0 Å². The predicted molar refractivity (Wildman–Crippen MR) is 55.5 cm³/mol. The fraction of sp³-hybridized carbons (Fsp3) is 1.00. The molecule has 14 heavy (non-hydrogen) atoms. The largest absolute Gasteiger partial charge is 0.396 e. The molecule has 0 heterocycles. The molecule has 1 aliphatic rings. The number of aliphatic hydroxyl groups is 1. The molecule has 0 saturated heterocycles. The summed E-state index contributed by atoms with van der Waals surface area (Å²) >= 11 is 0. The van der Waals surface area contributed by atoms with Crippen LogP contribution in [0.25, 0.3) is 0 Å². The molecule has 0 amide bonds. The van der Waals surface area contributed by atoms with Crippen LogP contribution in [0, 0.1) is 0 Å². The van der Waals surface area contributed by atoms with Crippen LogP contribution in [-0.2, 0) is 10.0 Å². The molecule has 4 nitrogen and oxygen atoms in total. The minimum atomic E-state index is -2.98. The van der Waals surface area contributed by atoms with Crippen LogP contribution in [0.3, 0.4) is 0 Å². The maximum Gasteiger partial charge on any atom is 0.216 e. The Hall–Kier alpha value is -0.130. The minimum Gasteiger partial charge on any atom is -0.396 e. The zero-order valence-corrected chi connectivity index (χ0v) is 9.46. The number of aliphatic hydroxyl groups excluding tert-OH is 1. The molecule has 0 aliphatic heterocycles. The fourth-order valence-electron chi connectivity index (χ4n) is 1.37. The first-order valence-electron chi connectivity index (χ1n) is 5.15. The molecular weight excluding hydrogens is 202 g/mol. The molecule has 1 fully saturated rings. The molecule has 1 N–H and O–H groups in total. The molecule has 0 aromatic carbocycles.